The number of rotatable bonds is 2. The van der Waals surface area contributed by atoms with Gasteiger partial charge in [-0.15, -0.1) is 0 Å². The monoisotopic (exact) mass is 226 g/mol. The van der Waals surface area contributed by atoms with Crippen LogP contribution >= 0.6 is 0 Å². The Morgan fingerprint density at radius 3 is 1.86 bits per heavy atom. The number of quaternary nitrogens is 2. The van der Waals surface area contributed by atoms with Crippen LogP contribution in [-0.2, 0) is 10.4 Å². The van der Waals surface area contributed by atoms with E-state index in [9.17, 15) is 13.0 Å². The van der Waals surface area contributed by atoms with Gasteiger partial charge in [0, 0.05) is 0 Å². The molecule has 7 nitrogen and oxygen atoms in total. The molecule has 1 aromatic carbocycles. The van der Waals surface area contributed by atoms with Crippen LogP contribution in [0, 0.1) is 0 Å². The predicted octanol–water partition coefficient (Wildman–Crippen LogP) is 1.10. The third kappa shape index (κ3) is 7.46. The van der Waals surface area contributed by atoms with Crippen molar-refractivity contribution in [1.29, 1.82) is 0 Å². The summed E-state index contributed by atoms with van der Waals surface area (Å²) in [4.78, 5) is 0. The number of benzene rings is 1. The van der Waals surface area contributed by atoms with Crippen LogP contribution < -0.4 is 16.5 Å². The van der Waals surface area contributed by atoms with Gasteiger partial charge in [-0.3, -0.25) is 0 Å². The van der Waals surface area contributed by atoms with Crippen LogP contribution in [0.5, 0.6) is 5.75 Å². The first-order valence-corrected chi connectivity index (χ1v) is 4.11. The third-order valence-corrected chi connectivity index (χ3v) is 1.34. The van der Waals surface area contributed by atoms with Gasteiger partial charge in [-0.2, -0.15) is 0 Å². The van der Waals surface area contributed by atoms with Gasteiger partial charge in [0.05, 0.1) is 0 Å². The highest BCUT2D eigenvalue weighted by molar-refractivity contribution is 7.81. The fourth-order valence-electron chi connectivity index (χ4n) is 0.594. The minimum Gasteiger partial charge on any atom is -0.870 e. The van der Waals surface area contributed by atoms with Crippen molar-refractivity contribution in [2.24, 2.45) is 0 Å². The molecule has 0 aromatic heterocycles. The molecule has 0 unspecified atom stereocenters. The molecule has 0 spiro atoms. The first-order chi connectivity index (χ1) is 5.08. The Hall–Kier alpha value is -1.19. The maximum absolute atomic E-state index is 10.0. The molecule has 0 aliphatic heterocycles. The van der Waals surface area contributed by atoms with Crippen molar-refractivity contribution in [1.82, 2.24) is 12.3 Å². The number of hydrogen-bond acceptors (Lipinski definition) is 5. The molecule has 14 heavy (non-hydrogen) atoms. The minimum atomic E-state index is -4.63. The summed E-state index contributed by atoms with van der Waals surface area (Å²) in [7, 11) is -4.63. The highest BCUT2D eigenvalue weighted by Crippen LogP contribution is 2.09. The molecule has 0 aliphatic rings. The molecule has 0 saturated heterocycles. The van der Waals surface area contributed by atoms with Gasteiger partial charge in [-0.25, -0.2) is 8.42 Å². The van der Waals surface area contributed by atoms with E-state index in [0.717, 1.165) is 0 Å². The Morgan fingerprint density at radius 2 is 1.50 bits per heavy atom. The molecule has 0 heterocycles. The van der Waals surface area contributed by atoms with Crippen LogP contribution in [0.3, 0.4) is 0 Å². The van der Waals surface area contributed by atoms with Crippen LogP contribution in [0.15, 0.2) is 30.3 Å². The summed E-state index contributed by atoms with van der Waals surface area (Å²) in [6, 6.07) is 7.59. The van der Waals surface area contributed by atoms with Crippen molar-refractivity contribution >= 4 is 10.4 Å². The molecule has 0 radical (unpaired) electrons. The van der Waals surface area contributed by atoms with Gasteiger partial charge < -0.3 is 26.5 Å². The SMILES string of the molecule is O=S(=O)([O-])Oc1ccccc1.[NH4+].[NH4+].[OH-]. The maximum atomic E-state index is 10.0. The van der Waals surface area contributed by atoms with E-state index in [1.54, 1.807) is 18.2 Å². The third-order valence-electron chi connectivity index (χ3n) is 0.941. The standard InChI is InChI=1S/C6H6O4S.2H3N.H2O/c7-11(8,9)10-6-4-2-1-3-5-6;;;/h1-5H,(H,7,8,9);2*1H3;1H2. The largest absolute Gasteiger partial charge is 0.870 e. The van der Waals surface area contributed by atoms with E-state index in [2.05, 4.69) is 4.18 Å². The van der Waals surface area contributed by atoms with Crippen LogP contribution in [0.2, 0.25) is 0 Å². The Bertz CT molecular complexity index is 325. The second-order valence-corrected chi connectivity index (χ2v) is 2.79. The summed E-state index contributed by atoms with van der Waals surface area (Å²) in [5.41, 5.74) is 0. The molecular weight excluding hydrogens is 212 g/mol. The second kappa shape index (κ2) is 7.24. The average molecular weight is 226 g/mol. The molecule has 84 valence electrons. The minimum absolute atomic E-state index is 0. The van der Waals surface area contributed by atoms with Crippen LogP contribution in [0.1, 0.15) is 0 Å². The quantitative estimate of drug-likeness (QED) is 0.567. The van der Waals surface area contributed by atoms with Crippen molar-refractivity contribution in [3.63, 3.8) is 0 Å². The van der Waals surface area contributed by atoms with Gasteiger partial charge in [0.2, 0.25) is 0 Å². The van der Waals surface area contributed by atoms with Crippen molar-refractivity contribution in [3.05, 3.63) is 30.3 Å². The highest BCUT2D eigenvalue weighted by Gasteiger charge is 1.95. The lowest BCUT2D eigenvalue weighted by atomic mass is 10.3. The Labute approximate surface area is 82.1 Å². The van der Waals surface area contributed by atoms with E-state index < -0.39 is 10.4 Å². The molecule has 0 atom stereocenters. The van der Waals surface area contributed by atoms with Gasteiger partial charge in [-0.05, 0) is 12.1 Å². The summed E-state index contributed by atoms with van der Waals surface area (Å²) in [6.07, 6.45) is 0. The van der Waals surface area contributed by atoms with Crippen molar-refractivity contribution in [2.75, 3.05) is 0 Å². The molecule has 0 bridgehead atoms. The Balaban J connectivity index is -0.000000403. The van der Waals surface area contributed by atoms with Gasteiger partial charge in [0.1, 0.15) is 5.75 Å². The molecule has 0 saturated carbocycles. The van der Waals surface area contributed by atoms with Gasteiger partial charge >= 0.3 is 0 Å². The zero-order chi connectivity index (χ0) is 8.32. The molecule has 0 fully saturated rings. The molecule has 1 rings (SSSR count). The van der Waals surface area contributed by atoms with E-state index >= 15 is 0 Å². The number of para-hydroxylation sites is 1. The molecule has 0 amide bonds. The normalized spacial score (nSPS) is 8.64. The summed E-state index contributed by atoms with van der Waals surface area (Å²) < 4.78 is 34.1. The van der Waals surface area contributed by atoms with Gasteiger partial charge in [-0.1, -0.05) is 18.2 Å². The first kappa shape index (κ1) is 18.6. The number of hydrogen-bond donors (Lipinski definition) is 2. The molecule has 8 heteroatoms. The lowest BCUT2D eigenvalue weighted by Gasteiger charge is -2.07. The second-order valence-electron chi connectivity index (χ2n) is 1.80. The first-order valence-electron chi connectivity index (χ1n) is 2.78. The van der Waals surface area contributed by atoms with Gasteiger partial charge in [0.25, 0.3) is 10.4 Å². The van der Waals surface area contributed by atoms with E-state index in [0.29, 0.717) is 0 Å². The van der Waals surface area contributed by atoms with E-state index in [4.69, 9.17) is 0 Å². The van der Waals surface area contributed by atoms with Crippen molar-refractivity contribution < 1.29 is 22.6 Å². The molecule has 9 N–H and O–H groups in total. The van der Waals surface area contributed by atoms with E-state index in [-0.39, 0.29) is 23.5 Å². The smallest absolute Gasteiger partial charge is 0.262 e. The molecule has 0 aliphatic carbocycles. The van der Waals surface area contributed by atoms with Crippen LogP contribution in [0.25, 0.3) is 0 Å². The van der Waals surface area contributed by atoms with E-state index in [1.807, 2.05) is 0 Å². The fraction of sp³-hybridized carbons (Fsp3) is 0. The lowest BCUT2D eigenvalue weighted by molar-refractivity contribution is 0.372. The topological polar surface area (TPSA) is 169 Å². The summed E-state index contributed by atoms with van der Waals surface area (Å²) in [5, 5.41) is 0. The van der Waals surface area contributed by atoms with Crippen molar-refractivity contribution in [2.45, 2.75) is 0 Å². The fourth-order valence-corrected chi connectivity index (χ4v) is 0.941. The van der Waals surface area contributed by atoms with E-state index in [1.165, 1.54) is 12.1 Å². The van der Waals surface area contributed by atoms with Crippen LogP contribution in [0.4, 0.5) is 0 Å². The summed E-state index contributed by atoms with van der Waals surface area (Å²) >= 11 is 0. The molecule has 1 aromatic rings. The zero-order valence-corrected chi connectivity index (χ0v) is 8.69. The predicted molar refractivity (Wildman–Crippen MR) is 50.7 cm³/mol. The highest BCUT2D eigenvalue weighted by atomic mass is 32.3. The zero-order valence-electron chi connectivity index (χ0n) is 7.88. The average Bonchev–Trinajstić information content (AvgIpc) is 1.85. The van der Waals surface area contributed by atoms with Crippen molar-refractivity contribution in [3.8, 4) is 5.75 Å². The maximum Gasteiger partial charge on any atom is 0.262 e. The Morgan fingerprint density at radius 1 is 1.07 bits per heavy atom. The summed E-state index contributed by atoms with van der Waals surface area (Å²) in [6.45, 7) is 0. The molecular formula is C6H14N2O5S. The Kier molecular flexibility index (Phi) is 9.60. The van der Waals surface area contributed by atoms with Gasteiger partial charge in [0.15, 0.2) is 0 Å². The summed E-state index contributed by atoms with van der Waals surface area (Å²) in [5.74, 6) is 0.0301. The lowest BCUT2D eigenvalue weighted by Crippen LogP contribution is -2.06. The van der Waals surface area contributed by atoms with Crippen LogP contribution in [-0.4, -0.2) is 18.4 Å².